The molecule has 1 N–H and O–H groups in total. The molecule has 124 valence electrons. The van der Waals surface area contributed by atoms with Gasteiger partial charge in [0.25, 0.3) is 5.89 Å². The van der Waals surface area contributed by atoms with E-state index in [2.05, 4.69) is 9.98 Å². The molecule has 0 saturated heterocycles. The molecule has 2 heterocycles. The van der Waals surface area contributed by atoms with E-state index in [-0.39, 0.29) is 11.8 Å². The summed E-state index contributed by atoms with van der Waals surface area (Å²) >= 11 is 0. The van der Waals surface area contributed by atoms with E-state index in [0.717, 1.165) is 11.3 Å². The largest absolute Gasteiger partial charge is 0.497 e. The van der Waals surface area contributed by atoms with Crippen molar-refractivity contribution < 1.29 is 18.7 Å². The SMILES string of the molecule is CCC(=NCc1ccc(OC)cc1)c1nc(-c2ccco2)oc1O. The second kappa shape index (κ2) is 7.04. The Kier molecular flexibility index (Phi) is 4.65. The first-order valence-electron chi connectivity index (χ1n) is 7.61. The number of benzene rings is 1. The van der Waals surface area contributed by atoms with E-state index < -0.39 is 0 Å². The summed E-state index contributed by atoms with van der Waals surface area (Å²) in [6, 6.07) is 11.1. The Labute approximate surface area is 139 Å². The lowest BCUT2D eigenvalue weighted by molar-refractivity contribution is 0.333. The number of aliphatic imine (C=N–C) groups is 1. The van der Waals surface area contributed by atoms with Gasteiger partial charge in [0.1, 0.15) is 5.75 Å². The Balaban J connectivity index is 1.82. The molecule has 0 aliphatic heterocycles. The number of hydrogen-bond donors (Lipinski definition) is 1. The van der Waals surface area contributed by atoms with Crippen molar-refractivity contribution in [2.45, 2.75) is 19.9 Å². The molecule has 0 spiro atoms. The van der Waals surface area contributed by atoms with E-state index in [1.807, 2.05) is 31.2 Å². The molecule has 1 aromatic carbocycles. The van der Waals surface area contributed by atoms with Crippen LogP contribution in [0.1, 0.15) is 24.6 Å². The number of furan rings is 1. The highest BCUT2D eigenvalue weighted by atomic mass is 16.5. The first kappa shape index (κ1) is 15.9. The number of nitrogens with zero attached hydrogens (tertiary/aromatic N) is 2. The molecule has 0 saturated carbocycles. The van der Waals surface area contributed by atoms with Crippen molar-refractivity contribution in [2.24, 2.45) is 4.99 Å². The van der Waals surface area contributed by atoms with Gasteiger partial charge in [-0.05, 0) is 36.2 Å². The molecule has 0 aliphatic rings. The van der Waals surface area contributed by atoms with Gasteiger partial charge in [0.15, 0.2) is 11.5 Å². The average molecular weight is 326 g/mol. The minimum atomic E-state index is -0.253. The minimum Gasteiger partial charge on any atom is -0.497 e. The van der Waals surface area contributed by atoms with Crippen molar-refractivity contribution in [3.63, 3.8) is 0 Å². The van der Waals surface area contributed by atoms with Gasteiger partial charge < -0.3 is 18.7 Å². The Morgan fingerprint density at radius 3 is 2.67 bits per heavy atom. The van der Waals surface area contributed by atoms with Gasteiger partial charge in [-0.1, -0.05) is 19.1 Å². The van der Waals surface area contributed by atoms with Crippen LogP contribution in [-0.4, -0.2) is 22.9 Å². The summed E-state index contributed by atoms with van der Waals surface area (Å²) in [5.41, 5.74) is 2.05. The molecule has 2 aromatic heterocycles. The fourth-order valence-corrected chi connectivity index (χ4v) is 2.28. The summed E-state index contributed by atoms with van der Waals surface area (Å²) in [5, 5.41) is 10.0. The maximum Gasteiger partial charge on any atom is 0.312 e. The monoisotopic (exact) mass is 326 g/mol. The molecule has 0 unspecified atom stereocenters. The zero-order valence-electron chi connectivity index (χ0n) is 13.5. The van der Waals surface area contributed by atoms with Gasteiger partial charge in [0.2, 0.25) is 0 Å². The molecule has 24 heavy (non-hydrogen) atoms. The fourth-order valence-electron chi connectivity index (χ4n) is 2.28. The second-order valence-corrected chi connectivity index (χ2v) is 5.11. The Morgan fingerprint density at radius 2 is 2.04 bits per heavy atom. The molecule has 0 aliphatic carbocycles. The van der Waals surface area contributed by atoms with Crippen LogP contribution in [0.5, 0.6) is 11.7 Å². The summed E-state index contributed by atoms with van der Waals surface area (Å²) in [6.45, 7) is 2.43. The van der Waals surface area contributed by atoms with Crippen LogP contribution in [-0.2, 0) is 6.54 Å². The van der Waals surface area contributed by atoms with E-state index in [4.69, 9.17) is 13.6 Å². The number of rotatable bonds is 6. The van der Waals surface area contributed by atoms with E-state index in [9.17, 15) is 5.11 Å². The van der Waals surface area contributed by atoms with Gasteiger partial charge in [-0.3, -0.25) is 4.99 Å². The summed E-state index contributed by atoms with van der Waals surface area (Å²) < 4.78 is 15.6. The first-order chi connectivity index (χ1) is 11.7. The summed E-state index contributed by atoms with van der Waals surface area (Å²) in [4.78, 5) is 8.86. The average Bonchev–Trinajstić information content (AvgIpc) is 3.26. The Bertz CT molecular complexity index is 817. The Morgan fingerprint density at radius 1 is 1.25 bits per heavy atom. The molecule has 3 aromatic rings. The third-order valence-corrected chi connectivity index (χ3v) is 3.56. The number of ether oxygens (including phenoxy) is 1. The van der Waals surface area contributed by atoms with Crippen molar-refractivity contribution in [2.75, 3.05) is 7.11 Å². The fraction of sp³-hybridized carbons (Fsp3) is 0.222. The molecule has 6 nitrogen and oxygen atoms in total. The van der Waals surface area contributed by atoms with Crippen LogP contribution in [0, 0.1) is 0 Å². The topological polar surface area (TPSA) is 81.0 Å². The van der Waals surface area contributed by atoms with Crippen LogP contribution in [0.4, 0.5) is 0 Å². The van der Waals surface area contributed by atoms with Crippen molar-refractivity contribution in [1.29, 1.82) is 0 Å². The molecule has 0 amide bonds. The molecular weight excluding hydrogens is 308 g/mol. The van der Waals surface area contributed by atoms with Gasteiger partial charge in [0, 0.05) is 0 Å². The predicted molar refractivity (Wildman–Crippen MR) is 89.4 cm³/mol. The lowest BCUT2D eigenvalue weighted by Crippen LogP contribution is -2.01. The van der Waals surface area contributed by atoms with Crippen molar-refractivity contribution >= 4 is 5.71 Å². The third kappa shape index (κ3) is 3.32. The summed E-state index contributed by atoms with van der Waals surface area (Å²) in [6.07, 6.45) is 2.14. The summed E-state index contributed by atoms with van der Waals surface area (Å²) in [5.74, 6) is 1.24. The number of hydrogen-bond acceptors (Lipinski definition) is 6. The molecule has 0 fully saturated rings. The molecular formula is C18H18N2O4. The highest BCUT2D eigenvalue weighted by Gasteiger charge is 2.19. The molecule has 0 bridgehead atoms. The Hall–Kier alpha value is -3.02. The zero-order valence-corrected chi connectivity index (χ0v) is 13.5. The summed E-state index contributed by atoms with van der Waals surface area (Å²) in [7, 11) is 1.63. The number of oxazole rings is 1. The van der Waals surface area contributed by atoms with Crippen LogP contribution >= 0.6 is 0 Å². The number of methoxy groups -OCH3 is 1. The van der Waals surface area contributed by atoms with Crippen LogP contribution in [0.3, 0.4) is 0 Å². The van der Waals surface area contributed by atoms with Gasteiger partial charge in [-0.15, -0.1) is 0 Å². The molecule has 6 heteroatoms. The van der Waals surface area contributed by atoms with Gasteiger partial charge in [-0.2, -0.15) is 0 Å². The van der Waals surface area contributed by atoms with Crippen LogP contribution in [0.2, 0.25) is 0 Å². The normalized spacial score (nSPS) is 11.7. The molecule has 0 radical (unpaired) electrons. The predicted octanol–water partition coefficient (Wildman–Crippen LogP) is 4.05. The highest BCUT2D eigenvalue weighted by Crippen LogP contribution is 2.28. The lowest BCUT2D eigenvalue weighted by atomic mass is 10.2. The molecule has 3 rings (SSSR count). The van der Waals surface area contributed by atoms with Crippen LogP contribution < -0.4 is 4.74 Å². The van der Waals surface area contributed by atoms with E-state index in [0.29, 0.717) is 30.1 Å². The van der Waals surface area contributed by atoms with Crippen molar-refractivity contribution in [3.8, 4) is 23.3 Å². The third-order valence-electron chi connectivity index (χ3n) is 3.56. The second-order valence-electron chi connectivity index (χ2n) is 5.11. The first-order valence-corrected chi connectivity index (χ1v) is 7.61. The highest BCUT2D eigenvalue weighted by molar-refractivity contribution is 6.00. The van der Waals surface area contributed by atoms with E-state index in [1.165, 1.54) is 6.26 Å². The standard InChI is InChI=1S/C18H18N2O4/c1-3-14(19-11-12-6-8-13(22-2)9-7-12)16-18(21)24-17(20-16)15-5-4-10-23-15/h4-10,21H,3,11H2,1-2H3. The van der Waals surface area contributed by atoms with Gasteiger partial charge in [0.05, 0.1) is 25.6 Å². The van der Waals surface area contributed by atoms with Crippen molar-refractivity contribution in [3.05, 3.63) is 53.9 Å². The smallest absolute Gasteiger partial charge is 0.312 e. The maximum atomic E-state index is 10.0. The van der Waals surface area contributed by atoms with Gasteiger partial charge >= 0.3 is 5.95 Å². The lowest BCUT2D eigenvalue weighted by Gasteiger charge is -2.03. The van der Waals surface area contributed by atoms with Crippen LogP contribution in [0.15, 0.2) is 56.5 Å². The van der Waals surface area contributed by atoms with Crippen LogP contribution in [0.25, 0.3) is 11.7 Å². The quantitative estimate of drug-likeness (QED) is 0.691. The number of aromatic nitrogens is 1. The zero-order chi connectivity index (χ0) is 16.9. The maximum absolute atomic E-state index is 10.0. The van der Waals surface area contributed by atoms with E-state index >= 15 is 0 Å². The minimum absolute atomic E-state index is 0.234. The number of aromatic hydroxyl groups is 1. The van der Waals surface area contributed by atoms with Crippen molar-refractivity contribution in [1.82, 2.24) is 4.98 Å². The van der Waals surface area contributed by atoms with Gasteiger partial charge in [-0.25, -0.2) is 4.98 Å². The molecule has 0 atom stereocenters. The van der Waals surface area contributed by atoms with E-state index in [1.54, 1.807) is 19.2 Å².